The van der Waals surface area contributed by atoms with Gasteiger partial charge < -0.3 is 19.3 Å². The molecule has 0 aliphatic carbocycles. The maximum atomic E-state index is 13.4. The van der Waals surface area contributed by atoms with E-state index in [-0.39, 0.29) is 31.4 Å². The van der Waals surface area contributed by atoms with Crippen LogP contribution in [0.25, 0.3) is 0 Å². The number of hydrogen-bond acceptors (Lipinski definition) is 6. The Labute approximate surface area is 168 Å². The fourth-order valence-corrected chi connectivity index (χ4v) is 5.12. The van der Waals surface area contributed by atoms with Crippen LogP contribution in [0, 0.1) is 5.41 Å². The SMILES string of the molecule is COC[C@]1(C(=O)N2CCC(C)(C)S(=O)(=O)CC2)CCN(C(=O)OC(C)(C)C)C1. The second-order valence-corrected chi connectivity index (χ2v) is 12.2. The molecule has 0 aromatic heterocycles. The number of sulfone groups is 1. The van der Waals surface area contributed by atoms with Gasteiger partial charge in [-0.15, -0.1) is 0 Å². The van der Waals surface area contributed by atoms with Crippen LogP contribution in [0.2, 0.25) is 0 Å². The van der Waals surface area contributed by atoms with Gasteiger partial charge in [0.1, 0.15) is 5.60 Å². The minimum atomic E-state index is -3.27. The van der Waals surface area contributed by atoms with Crippen molar-refractivity contribution in [1.82, 2.24) is 9.80 Å². The number of hydrogen-bond donors (Lipinski definition) is 0. The van der Waals surface area contributed by atoms with E-state index in [1.165, 1.54) is 7.11 Å². The summed E-state index contributed by atoms with van der Waals surface area (Å²) in [5.41, 5.74) is -1.48. The van der Waals surface area contributed by atoms with Crippen molar-refractivity contribution in [2.75, 3.05) is 45.6 Å². The van der Waals surface area contributed by atoms with Gasteiger partial charge in [-0.25, -0.2) is 13.2 Å². The number of methoxy groups -OCH3 is 1. The molecule has 2 aliphatic heterocycles. The molecule has 162 valence electrons. The molecule has 9 heteroatoms. The Morgan fingerprint density at radius 3 is 2.21 bits per heavy atom. The predicted octanol–water partition coefficient (Wildman–Crippen LogP) is 1.69. The highest BCUT2D eigenvalue weighted by Gasteiger charge is 2.50. The zero-order chi connectivity index (χ0) is 21.4. The highest BCUT2D eigenvalue weighted by molar-refractivity contribution is 7.92. The molecular formula is C19H34N2O6S. The molecule has 0 unspecified atom stereocenters. The van der Waals surface area contributed by atoms with Gasteiger partial charge in [-0.2, -0.15) is 0 Å². The molecule has 1 atom stereocenters. The first-order chi connectivity index (χ1) is 12.7. The van der Waals surface area contributed by atoms with Crippen LogP contribution in [-0.2, 0) is 24.1 Å². The number of ether oxygens (including phenoxy) is 2. The Morgan fingerprint density at radius 2 is 1.64 bits per heavy atom. The summed E-state index contributed by atoms with van der Waals surface area (Å²) in [5.74, 6) is -0.196. The quantitative estimate of drug-likeness (QED) is 0.692. The molecule has 2 heterocycles. The molecule has 0 N–H and O–H groups in total. The zero-order valence-electron chi connectivity index (χ0n) is 17.9. The molecule has 0 saturated carbocycles. The summed E-state index contributed by atoms with van der Waals surface area (Å²) in [6.07, 6.45) is 0.406. The minimum absolute atomic E-state index is 0.0510. The predicted molar refractivity (Wildman–Crippen MR) is 106 cm³/mol. The lowest BCUT2D eigenvalue weighted by Crippen LogP contribution is -2.49. The molecule has 2 amide bonds. The van der Waals surface area contributed by atoms with E-state index in [1.807, 2.05) is 0 Å². The average molecular weight is 419 g/mol. The van der Waals surface area contributed by atoms with Crippen molar-refractivity contribution >= 4 is 21.8 Å². The van der Waals surface area contributed by atoms with Crippen molar-refractivity contribution in [2.45, 2.75) is 57.8 Å². The first-order valence-corrected chi connectivity index (χ1v) is 11.4. The van der Waals surface area contributed by atoms with Crippen LogP contribution in [0.1, 0.15) is 47.5 Å². The number of carbonyl (C=O) groups excluding carboxylic acids is 2. The van der Waals surface area contributed by atoms with E-state index in [0.717, 1.165) is 0 Å². The van der Waals surface area contributed by atoms with Crippen molar-refractivity contribution in [3.63, 3.8) is 0 Å². The largest absolute Gasteiger partial charge is 0.444 e. The minimum Gasteiger partial charge on any atom is -0.444 e. The van der Waals surface area contributed by atoms with E-state index >= 15 is 0 Å². The normalized spacial score (nSPS) is 27.4. The highest BCUT2D eigenvalue weighted by atomic mass is 32.2. The third kappa shape index (κ3) is 4.79. The zero-order valence-corrected chi connectivity index (χ0v) is 18.7. The van der Waals surface area contributed by atoms with Crippen LogP contribution in [0.3, 0.4) is 0 Å². The summed E-state index contributed by atoms with van der Waals surface area (Å²) in [7, 11) is -1.74. The van der Waals surface area contributed by atoms with Crippen LogP contribution in [0.5, 0.6) is 0 Å². The van der Waals surface area contributed by atoms with E-state index in [4.69, 9.17) is 9.47 Å². The van der Waals surface area contributed by atoms with Gasteiger partial charge in [0, 0.05) is 33.3 Å². The standard InChI is InChI=1S/C19H34N2O6S/c1-17(2,3)27-16(23)21-10-8-19(13-21,14-26-6)15(22)20-9-7-18(4,5)28(24,25)12-11-20/h7-14H2,1-6H3/t19-/m0/s1. The fourth-order valence-electron chi connectivity index (χ4n) is 3.70. The van der Waals surface area contributed by atoms with E-state index < -0.39 is 31.7 Å². The molecule has 28 heavy (non-hydrogen) atoms. The first-order valence-electron chi connectivity index (χ1n) is 9.72. The van der Waals surface area contributed by atoms with Gasteiger partial charge in [0.15, 0.2) is 9.84 Å². The number of nitrogens with zero attached hydrogens (tertiary/aromatic N) is 2. The van der Waals surface area contributed by atoms with Crippen molar-refractivity contribution < 1.29 is 27.5 Å². The Bertz CT molecular complexity index is 712. The van der Waals surface area contributed by atoms with E-state index in [0.29, 0.717) is 25.9 Å². The monoisotopic (exact) mass is 418 g/mol. The van der Waals surface area contributed by atoms with Gasteiger partial charge in [0.2, 0.25) is 5.91 Å². The summed E-state index contributed by atoms with van der Waals surface area (Å²) in [5, 5.41) is 0. The van der Waals surface area contributed by atoms with Gasteiger partial charge in [-0.05, 0) is 47.5 Å². The van der Waals surface area contributed by atoms with Crippen LogP contribution < -0.4 is 0 Å². The third-order valence-corrected chi connectivity index (χ3v) is 8.23. The molecule has 2 rings (SSSR count). The van der Waals surface area contributed by atoms with Crippen molar-refractivity contribution in [3.8, 4) is 0 Å². The van der Waals surface area contributed by atoms with Crippen LogP contribution in [0.15, 0.2) is 0 Å². The van der Waals surface area contributed by atoms with Crippen LogP contribution in [0.4, 0.5) is 4.79 Å². The third-order valence-electron chi connectivity index (χ3n) is 5.62. The summed E-state index contributed by atoms with van der Waals surface area (Å²) >= 11 is 0. The van der Waals surface area contributed by atoms with E-state index in [2.05, 4.69) is 0 Å². The van der Waals surface area contributed by atoms with Crippen LogP contribution >= 0.6 is 0 Å². The molecule has 0 spiro atoms. The molecule has 2 fully saturated rings. The molecule has 0 aromatic rings. The number of likely N-dealkylation sites (tertiary alicyclic amines) is 1. The molecule has 0 radical (unpaired) electrons. The second kappa shape index (κ2) is 7.82. The van der Waals surface area contributed by atoms with Crippen LogP contribution in [-0.4, -0.2) is 86.2 Å². The maximum Gasteiger partial charge on any atom is 0.410 e. The fraction of sp³-hybridized carbons (Fsp3) is 0.895. The molecular weight excluding hydrogens is 384 g/mol. The molecule has 0 aromatic carbocycles. The van der Waals surface area contributed by atoms with Crippen molar-refractivity contribution in [3.05, 3.63) is 0 Å². The van der Waals surface area contributed by atoms with E-state index in [9.17, 15) is 18.0 Å². The molecule has 2 aliphatic rings. The Kier molecular flexibility index (Phi) is 6.40. The topological polar surface area (TPSA) is 93.2 Å². The van der Waals surface area contributed by atoms with Gasteiger partial charge >= 0.3 is 6.09 Å². The summed E-state index contributed by atoms with van der Waals surface area (Å²) in [4.78, 5) is 29.0. The molecule has 0 bridgehead atoms. The Hall–Kier alpha value is -1.35. The molecule has 8 nitrogen and oxygen atoms in total. The summed E-state index contributed by atoms with van der Waals surface area (Å²) < 4.78 is 34.8. The Morgan fingerprint density at radius 1 is 1.04 bits per heavy atom. The number of amides is 2. The van der Waals surface area contributed by atoms with Gasteiger partial charge in [-0.1, -0.05) is 0 Å². The maximum absolute atomic E-state index is 13.4. The second-order valence-electron chi connectivity index (χ2n) is 9.49. The lowest BCUT2D eigenvalue weighted by Gasteiger charge is -2.33. The highest BCUT2D eigenvalue weighted by Crippen LogP contribution is 2.35. The summed E-state index contributed by atoms with van der Waals surface area (Å²) in [6, 6.07) is 0. The Balaban J connectivity index is 2.17. The van der Waals surface area contributed by atoms with Crippen molar-refractivity contribution in [2.24, 2.45) is 5.41 Å². The average Bonchev–Trinajstić information content (AvgIpc) is 2.94. The van der Waals surface area contributed by atoms with Gasteiger partial charge in [0.05, 0.1) is 22.5 Å². The van der Waals surface area contributed by atoms with Gasteiger partial charge in [-0.3, -0.25) is 4.79 Å². The van der Waals surface area contributed by atoms with Gasteiger partial charge in [0.25, 0.3) is 0 Å². The first kappa shape index (κ1) is 22.9. The summed E-state index contributed by atoms with van der Waals surface area (Å²) in [6.45, 7) is 10.2. The lowest BCUT2D eigenvalue weighted by molar-refractivity contribution is -0.144. The number of rotatable bonds is 3. The molecule has 2 saturated heterocycles. The number of carbonyl (C=O) groups is 2. The van der Waals surface area contributed by atoms with Crippen molar-refractivity contribution in [1.29, 1.82) is 0 Å². The lowest BCUT2D eigenvalue weighted by atomic mass is 9.86. The smallest absolute Gasteiger partial charge is 0.410 e. The van der Waals surface area contributed by atoms with E-state index in [1.54, 1.807) is 44.4 Å².